The third-order valence-electron chi connectivity index (χ3n) is 6.60. The lowest BCUT2D eigenvalue weighted by atomic mass is 9.88. The van der Waals surface area contributed by atoms with Gasteiger partial charge in [0.15, 0.2) is 0 Å². The van der Waals surface area contributed by atoms with Crippen LogP contribution in [0.2, 0.25) is 0 Å². The Kier molecular flexibility index (Phi) is 8.46. The van der Waals surface area contributed by atoms with Crippen LogP contribution in [0.5, 0.6) is 5.75 Å². The number of carbonyl (C=O) groups excluding carboxylic acids is 2. The molecule has 0 saturated heterocycles. The minimum Gasteiger partial charge on any atom is -0.497 e. The number of carbonyl (C=O) groups is 2. The van der Waals surface area contributed by atoms with Crippen molar-refractivity contribution in [3.8, 4) is 11.8 Å². The van der Waals surface area contributed by atoms with Crippen LogP contribution in [0.3, 0.4) is 0 Å². The van der Waals surface area contributed by atoms with Gasteiger partial charge in [0.2, 0.25) is 5.91 Å². The second kappa shape index (κ2) is 11.9. The van der Waals surface area contributed by atoms with E-state index in [1.54, 1.807) is 19.5 Å². The zero-order valence-electron chi connectivity index (χ0n) is 21.2. The topological polar surface area (TPSA) is 129 Å². The Bertz CT molecular complexity index is 1280. The van der Waals surface area contributed by atoms with Crippen LogP contribution in [0.4, 0.5) is 9.80 Å². The normalized spacial score (nSPS) is 16.1. The largest absolute Gasteiger partial charge is 0.497 e. The van der Waals surface area contributed by atoms with Crippen LogP contribution in [0.15, 0.2) is 36.7 Å². The highest BCUT2D eigenvalue weighted by Crippen LogP contribution is 2.39. The van der Waals surface area contributed by atoms with Crippen molar-refractivity contribution in [1.29, 1.82) is 5.26 Å². The number of alkyl carbamates (subject to hydrolysis) is 1. The van der Waals surface area contributed by atoms with E-state index in [0.29, 0.717) is 35.7 Å². The number of fused-ring (bicyclic) bond motifs is 1. The van der Waals surface area contributed by atoms with Gasteiger partial charge in [0.25, 0.3) is 0 Å². The number of nitrogens with zero attached hydrogens (tertiary/aromatic N) is 2. The number of nitrogens with one attached hydrogen (secondary N) is 3. The van der Waals surface area contributed by atoms with E-state index in [9.17, 15) is 14.9 Å². The van der Waals surface area contributed by atoms with Crippen LogP contribution in [-0.2, 0) is 22.4 Å². The van der Waals surface area contributed by atoms with Gasteiger partial charge in [-0.2, -0.15) is 5.26 Å². The minimum atomic E-state index is -0.489. The molecule has 194 valence electrons. The Labute approximate surface area is 220 Å². The lowest BCUT2D eigenvalue weighted by Gasteiger charge is -2.22. The quantitative estimate of drug-likeness (QED) is 0.360. The number of nitriles is 1. The zero-order valence-corrected chi connectivity index (χ0v) is 22.0. The Morgan fingerprint density at radius 2 is 2.19 bits per heavy atom. The summed E-state index contributed by atoms with van der Waals surface area (Å²) in [5.74, 6) is 1.44. The Morgan fingerprint density at radius 1 is 1.35 bits per heavy atom. The van der Waals surface area contributed by atoms with Crippen molar-refractivity contribution < 1.29 is 19.1 Å². The van der Waals surface area contributed by atoms with E-state index in [-0.39, 0.29) is 30.4 Å². The number of H-pyrrole nitrogens is 1. The minimum absolute atomic E-state index is 0.00148. The summed E-state index contributed by atoms with van der Waals surface area (Å²) in [5.41, 5.74) is 2.56. The summed E-state index contributed by atoms with van der Waals surface area (Å²) in [5, 5.41) is 16.1. The number of rotatable bonds is 9. The molecule has 0 fully saturated rings. The van der Waals surface area contributed by atoms with Crippen LogP contribution < -0.4 is 15.4 Å². The average Bonchev–Trinajstić information content (AvgIpc) is 3.55. The van der Waals surface area contributed by atoms with Crippen molar-refractivity contribution in [1.82, 2.24) is 15.3 Å². The van der Waals surface area contributed by atoms with Gasteiger partial charge in [0.1, 0.15) is 22.6 Å². The highest BCUT2D eigenvalue weighted by atomic mass is 32.1. The van der Waals surface area contributed by atoms with E-state index in [1.165, 1.54) is 11.3 Å². The van der Waals surface area contributed by atoms with Gasteiger partial charge in [0, 0.05) is 23.7 Å². The monoisotopic (exact) mass is 521 g/mol. The van der Waals surface area contributed by atoms with Gasteiger partial charge >= 0.3 is 6.09 Å². The second-order valence-corrected chi connectivity index (χ2v) is 10.4. The first-order chi connectivity index (χ1) is 17.9. The summed E-state index contributed by atoms with van der Waals surface area (Å²) in [6, 6.07) is 9.69. The summed E-state index contributed by atoms with van der Waals surface area (Å²) in [6.07, 6.45) is 5.36. The van der Waals surface area contributed by atoms with Crippen molar-refractivity contribution in [3.63, 3.8) is 0 Å². The molecular weight excluding hydrogens is 490 g/mol. The fraction of sp³-hybridized carbons (Fsp3) is 0.407. The lowest BCUT2D eigenvalue weighted by Crippen LogP contribution is -2.30. The van der Waals surface area contributed by atoms with Crippen LogP contribution in [0.25, 0.3) is 0 Å². The molecule has 1 aliphatic carbocycles. The standard InChI is InChI=1S/C27H31N5O4S/c1-16(19-5-4-6-20(13-19)35-3)11-24(33)32-26-22(14-28)21-8-7-18(12-23(21)37-26)15-36-27(34)31-17(2)25-29-9-10-30-25/h4-6,9-10,13,16-18H,7-8,11-12,15H2,1-3H3,(H,29,30)(H,31,34)(H,32,33). The molecule has 2 heterocycles. The number of hydrogen-bond donors (Lipinski definition) is 3. The SMILES string of the molecule is COc1cccc(C(C)CC(=O)Nc2sc3c(c2C#N)CCC(COC(=O)NC(C)c2ncc[nH]2)C3)c1. The molecule has 0 bridgehead atoms. The zero-order chi connectivity index (χ0) is 26.4. The molecule has 9 nitrogen and oxygen atoms in total. The van der Waals surface area contributed by atoms with Gasteiger partial charge in [0.05, 0.1) is 25.3 Å². The summed E-state index contributed by atoms with van der Waals surface area (Å²) in [4.78, 5) is 33.2. The van der Waals surface area contributed by atoms with E-state index >= 15 is 0 Å². The molecule has 2 aromatic heterocycles. The first-order valence-electron chi connectivity index (χ1n) is 12.3. The Balaban J connectivity index is 1.32. The highest BCUT2D eigenvalue weighted by molar-refractivity contribution is 7.16. The molecule has 0 spiro atoms. The maximum Gasteiger partial charge on any atom is 0.407 e. The summed E-state index contributed by atoms with van der Waals surface area (Å²) in [7, 11) is 1.62. The number of ether oxygens (including phenoxy) is 2. The van der Waals surface area contributed by atoms with Crippen molar-refractivity contribution in [2.75, 3.05) is 19.0 Å². The first kappa shape index (κ1) is 26.2. The van der Waals surface area contributed by atoms with Gasteiger partial charge in [-0.15, -0.1) is 11.3 Å². The number of hydrogen-bond acceptors (Lipinski definition) is 7. The van der Waals surface area contributed by atoms with E-state index in [2.05, 4.69) is 26.7 Å². The number of aromatic nitrogens is 2. The fourth-order valence-corrected chi connectivity index (χ4v) is 5.85. The fourth-order valence-electron chi connectivity index (χ4n) is 4.52. The molecule has 0 saturated carbocycles. The second-order valence-electron chi connectivity index (χ2n) is 9.30. The summed E-state index contributed by atoms with van der Waals surface area (Å²) >= 11 is 1.45. The van der Waals surface area contributed by atoms with Crippen molar-refractivity contribution in [2.24, 2.45) is 5.92 Å². The molecule has 3 unspecified atom stereocenters. The first-order valence-corrected chi connectivity index (χ1v) is 13.1. The Hall–Kier alpha value is -3.84. The summed E-state index contributed by atoms with van der Waals surface area (Å²) in [6.45, 7) is 4.11. The van der Waals surface area contributed by atoms with Crippen LogP contribution in [0.1, 0.15) is 66.0 Å². The number of anilines is 1. The number of benzene rings is 1. The molecule has 4 rings (SSSR count). The van der Waals surface area contributed by atoms with Gasteiger partial charge < -0.3 is 25.1 Å². The van der Waals surface area contributed by atoms with Crippen LogP contribution in [0, 0.1) is 17.2 Å². The number of aromatic amines is 1. The Morgan fingerprint density at radius 3 is 2.92 bits per heavy atom. The number of imidazole rings is 1. The molecule has 0 radical (unpaired) electrons. The van der Waals surface area contributed by atoms with E-state index < -0.39 is 6.09 Å². The highest BCUT2D eigenvalue weighted by Gasteiger charge is 2.28. The number of amides is 2. The molecule has 37 heavy (non-hydrogen) atoms. The molecule has 0 aliphatic heterocycles. The predicted octanol–water partition coefficient (Wildman–Crippen LogP) is 5.08. The summed E-state index contributed by atoms with van der Waals surface area (Å²) < 4.78 is 10.7. The van der Waals surface area contributed by atoms with Crippen LogP contribution in [-0.4, -0.2) is 35.7 Å². The molecule has 3 aromatic rings. The lowest BCUT2D eigenvalue weighted by molar-refractivity contribution is -0.116. The van der Waals surface area contributed by atoms with E-state index in [4.69, 9.17) is 9.47 Å². The van der Waals surface area contributed by atoms with Crippen molar-refractivity contribution in [2.45, 2.75) is 51.5 Å². The number of thiophene rings is 1. The molecular formula is C27H31N5O4S. The molecule has 3 atom stereocenters. The van der Waals surface area contributed by atoms with Crippen molar-refractivity contribution in [3.05, 3.63) is 64.1 Å². The average molecular weight is 522 g/mol. The third kappa shape index (κ3) is 6.49. The maximum absolute atomic E-state index is 12.8. The maximum atomic E-state index is 12.8. The predicted molar refractivity (Wildman–Crippen MR) is 141 cm³/mol. The molecule has 10 heteroatoms. The molecule has 3 N–H and O–H groups in total. The third-order valence-corrected chi connectivity index (χ3v) is 7.77. The molecule has 2 amide bonds. The smallest absolute Gasteiger partial charge is 0.407 e. The van der Waals surface area contributed by atoms with Gasteiger partial charge in [-0.05, 0) is 61.3 Å². The van der Waals surface area contributed by atoms with E-state index in [1.807, 2.05) is 38.1 Å². The van der Waals surface area contributed by atoms with Crippen molar-refractivity contribution >= 4 is 28.3 Å². The molecule has 1 aliphatic rings. The van der Waals surface area contributed by atoms with Gasteiger partial charge in [-0.3, -0.25) is 4.79 Å². The number of methoxy groups -OCH3 is 1. The van der Waals surface area contributed by atoms with Crippen LogP contribution >= 0.6 is 11.3 Å². The van der Waals surface area contributed by atoms with E-state index in [0.717, 1.165) is 28.2 Å². The molecule has 1 aromatic carbocycles. The van der Waals surface area contributed by atoms with Gasteiger partial charge in [-0.25, -0.2) is 9.78 Å². The van der Waals surface area contributed by atoms with Gasteiger partial charge in [-0.1, -0.05) is 19.1 Å².